The van der Waals surface area contributed by atoms with Crippen LogP contribution in [-0.4, -0.2) is 19.2 Å². The fraction of sp³-hybridized carbons (Fsp3) is 0.553. The fourth-order valence-electron chi connectivity index (χ4n) is 5.20. The van der Waals surface area contributed by atoms with Gasteiger partial charge < -0.3 is 14.2 Å². The van der Waals surface area contributed by atoms with Crippen LogP contribution >= 0.6 is 0 Å². The first-order valence-electron chi connectivity index (χ1n) is 16.7. The zero-order valence-corrected chi connectivity index (χ0v) is 26.3. The van der Waals surface area contributed by atoms with Gasteiger partial charge in [0.15, 0.2) is 0 Å². The summed E-state index contributed by atoms with van der Waals surface area (Å²) in [5, 5.41) is 2.04. The molecule has 0 saturated heterocycles. The molecule has 0 spiro atoms. The van der Waals surface area contributed by atoms with Crippen molar-refractivity contribution >= 4 is 16.7 Å². The molecule has 0 aliphatic carbocycles. The molecule has 3 aromatic rings. The highest BCUT2D eigenvalue weighted by atomic mass is 16.5. The van der Waals surface area contributed by atoms with Gasteiger partial charge in [0, 0.05) is 0 Å². The molecule has 0 fully saturated rings. The topological polar surface area (TPSA) is 44.8 Å². The van der Waals surface area contributed by atoms with Gasteiger partial charge in [0.05, 0.1) is 18.8 Å². The van der Waals surface area contributed by atoms with E-state index in [9.17, 15) is 4.79 Å². The van der Waals surface area contributed by atoms with Gasteiger partial charge in [0.25, 0.3) is 0 Å². The summed E-state index contributed by atoms with van der Waals surface area (Å²) in [5.74, 6) is 1.48. The van der Waals surface area contributed by atoms with E-state index in [0.717, 1.165) is 53.7 Å². The summed E-state index contributed by atoms with van der Waals surface area (Å²) in [6.45, 7) is 6.25. The predicted molar refractivity (Wildman–Crippen MR) is 176 cm³/mol. The van der Waals surface area contributed by atoms with Crippen LogP contribution in [0.3, 0.4) is 0 Å². The molecule has 0 unspecified atom stereocenters. The minimum absolute atomic E-state index is 0.248. The number of carbonyl (C=O) groups excluding carboxylic acids is 1. The Kier molecular flexibility index (Phi) is 16.6. The predicted octanol–water partition coefficient (Wildman–Crippen LogP) is 11.2. The van der Waals surface area contributed by atoms with Crippen molar-refractivity contribution in [1.29, 1.82) is 0 Å². The van der Waals surface area contributed by atoms with Crippen LogP contribution in [0.1, 0.15) is 133 Å². The summed E-state index contributed by atoms with van der Waals surface area (Å²) >= 11 is 0. The van der Waals surface area contributed by atoms with Crippen LogP contribution in [0.25, 0.3) is 10.8 Å². The molecule has 42 heavy (non-hydrogen) atoms. The number of rotatable bonds is 23. The van der Waals surface area contributed by atoms with Crippen molar-refractivity contribution in [2.24, 2.45) is 0 Å². The molecule has 3 rings (SSSR count). The highest BCUT2D eigenvalue weighted by Crippen LogP contribution is 2.24. The fourth-order valence-corrected chi connectivity index (χ4v) is 5.20. The first-order valence-corrected chi connectivity index (χ1v) is 16.7. The molecule has 0 aromatic heterocycles. The van der Waals surface area contributed by atoms with Gasteiger partial charge >= 0.3 is 5.97 Å². The lowest BCUT2D eigenvalue weighted by Crippen LogP contribution is -2.06. The summed E-state index contributed by atoms with van der Waals surface area (Å²) in [6.07, 6.45) is 20.4. The van der Waals surface area contributed by atoms with Gasteiger partial charge in [-0.15, -0.1) is 0 Å². The number of carbonyl (C=O) groups is 1. The Bertz CT molecular complexity index is 1140. The Morgan fingerprint density at radius 3 is 1.69 bits per heavy atom. The smallest absolute Gasteiger partial charge is 0.338 e. The molecule has 0 radical (unpaired) electrons. The summed E-state index contributed by atoms with van der Waals surface area (Å²) < 4.78 is 17.5. The molecule has 0 aliphatic rings. The molecule has 0 bridgehead atoms. The van der Waals surface area contributed by atoms with Crippen molar-refractivity contribution in [3.63, 3.8) is 0 Å². The van der Waals surface area contributed by atoms with E-state index in [2.05, 4.69) is 26.0 Å². The maximum atomic E-state index is 12.5. The lowest BCUT2D eigenvalue weighted by molar-refractivity contribution is 0.0498. The average molecular weight is 575 g/mol. The Labute approximate surface area is 255 Å². The Hall–Kier alpha value is -3.01. The monoisotopic (exact) mass is 574 g/mol. The molecule has 0 amide bonds. The summed E-state index contributed by atoms with van der Waals surface area (Å²) in [5.41, 5.74) is 1.70. The third-order valence-corrected chi connectivity index (χ3v) is 7.87. The number of hydrogen-bond acceptors (Lipinski definition) is 4. The summed E-state index contributed by atoms with van der Waals surface area (Å²) in [6, 6.07) is 19.9. The summed E-state index contributed by atoms with van der Waals surface area (Å²) in [7, 11) is 0. The second-order valence-electron chi connectivity index (χ2n) is 11.6. The minimum Gasteiger partial charge on any atom is -0.494 e. The maximum Gasteiger partial charge on any atom is 0.338 e. The number of ether oxygens (including phenoxy) is 3. The molecular formula is C38H54O4. The van der Waals surface area contributed by atoms with Gasteiger partial charge in [0.2, 0.25) is 0 Å². The second-order valence-corrected chi connectivity index (χ2v) is 11.6. The van der Waals surface area contributed by atoms with Gasteiger partial charge in [-0.3, -0.25) is 0 Å². The van der Waals surface area contributed by atoms with E-state index in [4.69, 9.17) is 14.2 Å². The second kappa shape index (κ2) is 20.8. The molecule has 0 N–H and O–H groups in total. The Balaban J connectivity index is 1.32. The van der Waals surface area contributed by atoms with Crippen LogP contribution in [0.2, 0.25) is 0 Å². The van der Waals surface area contributed by atoms with Crippen LogP contribution in [0.15, 0.2) is 60.7 Å². The van der Waals surface area contributed by atoms with E-state index >= 15 is 0 Å². The molecule has 4 nitrogen and oxygen atoms in total. The molecular weight excluding hydrogens is 520 g/mol. The van der Waals surface area contributed by atoms with Crippen molar-refractivity contribution in [1.82, 2.24) is 0 Å². The molecule has 0 heterocycles. The molecule has 3 aromatic carbocycles. The van der Waals surface area contributed by atoms with E-state index in [-0.39, 0.29) is 5.97 Å². The molecule has 0 atom stereocenters. The van der Waals surface area contributed by atoms with Gasteiger partial charge in [-0.05, 0) is 65.6 Å². The Morgan fingerprint density at radius 1 is 0.524 bits per heavy atom. The van der Waals surface area contributed by atoms with Gasteiger partial charge in [-0.1, -0.05) is 128 Å². The van der Waals surface area contributed by atoms with Crippen molar-refractivity contribution in [2.45, 2.75) is 123 Å². The zero-order valence-electron chi connectivity index (χ0n) is 26.3. The standard InChI is InChI=1S/C38H54O4/c1-3-5-7-9-11-12-13-14-16-17-27-40-36-24-19-32(20-25-36)31-42-37-26-23-33-29-35(22-21-34(33)30-37)38(39)41-28-18-15-10-8-6-4-2/h19-26,29-30H,3-18,27-28,31H2,1-2H3. The maximum absolute atomic E-state index is 12.5. The summed E-state index contributed by atoms with van der Waals surface area (Å²) in [4.78, 5) is 12.5. The van der Waals surface area contributed by atoms with Crippen LogP contribution < -0.4 is 9.47 Å². The first-order chi connectivity index (χ1) is 20.7. The van der Waals surface area contributed by atoms with Crippen molar-refractivity contribution < 1.29 is 19.0 Å². The first kappa shape index (κ1) is 33.5. The highest BCUT2D eigenvalue weighted by Gasteiger charge is 2.09. The number of hydrogen-bond donors (Lipinski definition) is 0. The van der Waals surface area contributed by atoms with E-state index in [1.165, 1.54) is 83.5 Å². The quantitative estimate of drug-likeness (QED) is 0.0834. The van der Waals surface area contributed by atoms with E-state index in [1.54, 1.807) is 0 Å². The lowest BCUT2D eigenvalue weighted by atomic mass is 10.1. The number of unbranched alkanes of at least 4 members (excludes halogenated alkanes) is 14. The average Bonchev–Trinajstić information content (AvgIpc) is 3.02. The molecule has 230 valence electrons. The van der Waals surface area contributed by atoms with Gasteiger partial charge in [0.1, 0.15) is 18.1 Å². The third kappa shape index (κ3) is 13.3. The van der Waals surface area contributed by atoms with Gasteiger partial charge in [-0.2, -0.15) is 0 Å². The zero-order chi connectivity index (χ0) is 29.7. The van der Waals surface area contributed by atoms with Crippen molar-refractivity contribution in [3.05, 3.63) is 71.8 Å². The van der Waals surface area contributed by atoms with Crippen LogP contribution in [0.5, 0.6) is 11.5 Å². The molecule has 0 saturated carbocycles. The largest absolute Gasteiger partial charge is 0.494 e. The highest BCUT2D eigenvalue weighted by molar-refractivity contribution is 5.95. The number of fused-ring (bicyclic) bond motifs is 1. The van der Waals surface area contributed by atoms with E-state index < -0.39 is 0 Å². The number of benzene rings is 3. The minimum atomic E-state index is -0.248. The van der Waals surface area contributed by atoms with Crippen LogP contribution in [-0.2, 0) is 11.3 Å². The van der Waals surface area contributed by atoms with Crippen LogP contribution in [0, 0.1) is 0 Å². The van der Waals surface area contributed by atoms with E-state index in [1.807, 2.05) is 48.5 Å². The molecule has 4 heteroatoms. The normalized spacial score (nSPS) is 11.1. The van der Waals surface area contributed by atoms with Crippen molar-refractivity contribution in [2.75, 3.05) is 13.2 Å². The SMILES string of the molecule is CCCCCCCCCCCCOc1ccc(COc2ccc3cc(C(=O)OCCCCCCCC)ccc3c2)cc1. The third-order valence-electron chi connectivity index (χ3n) is 7.87. The van der Waals surface area contributed by atoms with Crippen molar-refractivity contribution in [3.8, 4) is 11.5 Å². The van der Waals surface area contributed by atoms with Gasteiger partial charge in [-0.25, -0.2) is 4.79 Å². The Morgan fingerprint density at radius 2 is 1.05 bits per heavy atom. The van der Waals surface area contributed by atoms with E-state index in [0.29, 0.717) is 18.8 Å². The number of esters is 1. The van der Waals surface area contributed by atoms with Crippen LogP contribution in [0.4, 0.5) is 0 Å². The molecule has 0 aliphatic heterocycles. The lowest BCUT2D eigenvalue weighted by Gasteiger charge is -2.10.